The smallest absolute Gasteiger partial charge is 0.319 e. The number of nitrogens with zero attached hydrogens (tertiary/aromatic N) is 2. The molecule has 9 nitrogen and oxygen atoms in total. The van der Waals surface area contributed by atoms with E-state index in [1.54, 1.807) is 42.6 Å². The molecule has 0 bridgehead atoms. The van der Waals surface area contributed by atoms with Crippen LogP contribution in [0.25, 0.3) is 10.8 Å². The highest BCUT2D eigenvalue weighted by molar-refractivity contribution is 6.00. The van der Waals surface area contributed by atoms with E-state index in [1.807, 2.05) is 12.1 Å². The van der Waals surface area contributed by atoms with Crippen LogP contribution in [-0.2, 0) is 16.1 Å². The summed E-state index contributed by atoms with van der Waals surface area (Å²) >= 11 is 0. The third-order valence-electron chi connectivity index (χ3n) is 5.15. The average Bonchev–Trinajstić information content (AvgIpc) is 3.08. The van der Waals surface area contributed by atoms with Gasteiger partial charge in [-0.15, -0.1) is 0 Å². The van der Waals surface area contributed by atoms with Crippen molar-refractivity contribution in [3.8, 4) is 11.9 Å². The Labute approximate surface area is 177 Å². The number of aromatic hydroxyl groups is 1. The number of imide groups is 1. The molecule has 1 saturated heterocycles. The minimum absolute atomic E-state index is 0.0393. The second-order valence-corrected chi connectivity index (χ2v) is 7.25. The van der Waals surface area contributed by atoms with Gasteiger partial charge in [0, 0.05) is 35.6 Å². The van der Waals surface area contributed by atoms with E-state index >= 15 is 0 Å². The van der Waals surface area contributed by atoms with Gasteiger partial charge < -0.3 is 20.3 Å². The van der Waals surface area contributed by atoms with Gasteiger partial charge in [0.05, 0.1) is 11.6 Å². The monoisotopic (exact) mass is 417 g/mol. The largest absolute Gasteiger partial charge is 0.494 e. The number of rotatable bonds is 4. The maximum Gasteiger partial charge on any atom is 0.319 e. The molecule has 1 atom stereocenters. The normalized spacial score (nSPS) is 15.9. The lowest BCUT2D eigenvalue weighted by Gasteiger charge is -2.22. The van der Waals surface area contributed by atoms with Gasteiger partial charge in [0.1, 0.15) is 6.04 Å². The molecular weight excluding hydrogens is 398 g/mol. The molecular formula is C22H19N5O4. The summed E-state index contributed by atoms with van der Waals surface area (Å²) in [5.41, 5.74) is 1.88. The summed E-state index contributed by atoms with van der Waals surface area (Å²) in [6.07, 6.45) is 2.21. The van der Waals surface area contributed by atoms with Crippen LogP contribution >= 0.6 is 0 Å². The summed E-state index contributed by atoms with van der Waals surface area (Å²) in [6, 6.07) is 12.8. The molecule has 2 heterocycles. The van der Waals surface area contributed by atoms with Crippen molar-refractivity contribution in [2.75, 3.05) is 5.32 Å². The molecule has 4 rings (SSSR count). The molecule has 4 amide bonds. The van der Waals surface area contributed by atoms with E-state index in [2.05, 4.69) is 16.0 Å². The Bertz CT molecular complexity index is 1220. The number of fused-ring (bicyclic) bond motifs is 1. The van der Waals surface area contributed by atoms with E-state index in [-0.39, 0.29) is 24.8 Å². The van der Waals surface area contributed by atoms with E-state index < -0.39 is 18.0 Å². The van der Waals surface area contributed by atoms with Gasteiger partial charge in [-0.2, -0.15) is 5.26 Å². The molecule has 3 aromatic rings. The highest BCUT2D eigenvalue weighted by Gasteiger charge is 2.30. The standard InChI is InChI=1S/C22H19N5O4/c23-10-13-1-4-16(5-2-13)25-22(31)24-11-14-3-6-17-15(9-14)12-27(21(17)30)18-7-8-19(28)26-20(18)29/h1-6,9,12,18,30H,7-8,11H2,(H2,24,25,31)(H,26,28,29). The third kappa shape index (κ3) is 4.18. The summed E-state index contributed by atoms with van der Waals surface area (Å²) in [6.45, 7) is 0.252. The first-order chi connectivity index (χ1) is 14.9. The predicted molar refractivity (Wildman–Crippen MR) is 112 cm³/mol. The molecule has 2 aromatic carbocycles. The van der Waals surface area contributed by atoms with Crippen LogP contribution in [0, 0.1) is 11.3 Å². The van der Waals surface area contributed by atoms with Gasteiger partial charge in [0.2, 0.25) is 11.8 Å². The van der Waals surface area contributed by atoms with E-state index in [0.29, 0.717) is 28.4 Å². The summed E-state index contributed by atoms with van der Waals surface area (Å²) in [4.78, 5) is 35.6. The zero-order chi connectivity index (χ0) is 22.0. The van der Waals surface area contributed by atoms with Crippen molar-refractivity contribution >= 4 is 34.3 Å². The van der Waals surface area contributed by atoms with Gasteiger partial charge in [-0.05, 0) is 48.4 Å². The zero-order valence-electron chi connectivity index (χ0n) is 16.4. The molecule has 1 aromatic heterocycles. The number of nitrogens with one attached hydrogen (secondary N) is 3. The number of benzene rings is 2. The van der Waals surface area contributed by atoms with Crippen LogP contribution in [0.5, 0.6) is 5.88 Å². The second-order valence-electron chi connectivity index (χ2n) is 7.25. The molecule has 1 fully saturated rings. The van der Waals surface area contributed by atoms with E-state index in [0.717, 1.165) is 5.56 Å². The Hall–Kier alpha value is -4.32. The molecule has 0 radical (unpaired) electrons. The second kappa shape index (κ2) is 8.20. The van der Waals surface area contributed by atoms with Gasteiger partial charge in [-0.3, -0.25) is 14.9 Å². The Kier molecular flexibility index (Phi) is 5.28. The highest BCUT2D eigenvalue weighted by atomic mass is 16.3. The molecule has 1 aliphatic rings. The molecule has 31 heavy (non-hydrogen) atoms. The van der Waals surface area contributed by atoms with Crippen molar-refractivity contribution in [1.29, 1.82) is 5.26 Å². The summed E-state index contributed by atoms with van der Waals surface area (Å²) in [5.74, 6) is -0.791. The maximum atomic E-state index is 12.1. The van der Waals surface area contributed by atoms with Gasteiger partial charge in [-0.25, -0.2) is 4.79 Å². The quantitative estimate of drug-likeness (QED) is 0.484. The van der Waals surface area contributed by atoms with Gasteiger partial charge >= 0.3 is 6.03 Å². The van der Waals surface area contributed by atoms with E-state index in [9.17, 15) is 19.5 Å². The lowest BCUT2D eigenvalue weighted by atomic mass is 10.1. The van der Waals surface area contributed by atoms with Gasteiger partial charge in [0.15, 0.2) is 5.88 Å². The fraction of sp³-hybridized carbons (Fsp3) is 0.182. The van der Waals surface area contributed by atoms with Crippen LogP contribution in [0.2, 0.25) is 0 Å². The van der Waals surface area contributed by atoms with Gasteiger partial charge in [-0.1, -0.05) is 6.07 Å². The number of hydrogen-bond acceptors (Lipinski definition) is 5. The van der Waals surface area contributed by atoms with Gasteiger partial charge in [0.25, 0.3) is 0 Å². The van der Waals surface area contributed by atoms with Crippen LogP contribution < -0.4 is 16.0 Å². The topological polar surface area (TPSA) is 136 Å². The first-order valence-electron chi connectivity index (χ1n) is 9.66. The first-order valence-corrected chi connectivity index (χ1v) is 9.66. The number of hydrogen-bond donors (Lipinski definition) is 4. The van der Waals surface area contributed by atoms with Crippen LogP contribution in [0.3, 0.4) is 0 Å². The fourth-order valence-corrected chi connectivity index (χ4v) is 3.55. The third-order valence-corrected chi connectivity index (χ3v) is 5.15. The van der Waals surface area contributed by atoms with Crippen molar-refractivity contribution in [2.45, 2.75) is 25.4 Å². The van der Waals surface area contributed by atoms with Crippen molar-refractivity contribution in [3.05, 3.63) is 59.8 Å². The number of nitriles is 1. The summed E-state index contributed by atoms with van der Waals surface area (Å²) < 4.78 is 1.47. The van der Waals surface area contributed by atoms with Crippen LogP contribution in [0.4, 0.5) is 10.5 Å². The minimum Gasteiger partial charge on any atom is -0.494 e. The van der Waals surface area contributed by atoms with Crippen molar-refractivity contribution in [3.63, 3.8) is 0 Å². The predicted octanol–water partition coefficient (Wildman–Crippen LogP) is 2.52. The average molecular weight is 417 g/mol. The molecule has 156 valence electrons. The Balaban J connectivity index is 1.44. The number of carbonyl (C=O) groups excluding carboxylic acids is 3. The summed E-state index contributed by atoms with van der Waals surface area (Å²) in [5, 5.41) is 28.4. The number of urea groups is 1. The molecule has 4 N–H and O–H groups in total. The number of anilines is 1. The molecule has 1 unspecified atom stereocenters. The Morgan fingerprint density at radius 2 is 2.00 bits per heavy atom. The van der Waals surface area contributed by atoms with E-state index in [4.69, 9.17) is 5.26 Å². The lowest BCUT2D eigenvalue weighted by molar-refractivity contribution is -0.135. The van der Waals surface area contributed by atoms with Crippen molar-refractivity contribution in [2.24, 2.45) is 0 Å². The number of amides is 4. The first kappa shape index (κ1) is 20.0. The van der Waals surface area contributed by atoms with E-state index in [1.165, 1.54) is 4.57 Å². The maximum absolute atomic E-state index is 12.1. The Morgan fingerprint density at radius 1 is 1.23 bits per heavy atom. The number of aromatic nitrogens is 1. The van der Waals surface area contributed by atoms with Crippen molar-refractivity contribution < 1.29 is 19.5 Å². The molecule has 1 aliphatic heterocycles. The molecule has 9 heteroatoms. The molecule has 0 saturated carbocycles. The summed E-state index contributed by atoms with van der Waals surface area (Å²) in [7, 11) is 0. The highest BCUT2D eigenvalue weighted by Crippen LogP contribution is 2.33. The number of carbonyl (C=O) groups is 3. The van der Waals surface area contributed by atoms with Crippen molar-refractivity contribution in [1.82, 2.24) is 15.2 Å². The van der Waals surface area contributed by atoms with Crippen LogP contribution in [0.1, 0.15) is 30.0 Å². The number of piperidine rings is 1. The zero-order valence-corrected chi connectivity index (χ0v) is 16.4. The Morgan fingerprint density at radius 3 is 2.71 bits per heavy atom. The SMILES string of the molecule is N#Cc1ccc(NC(=O)NCc2ccc3c(O)n(C4CCC(=O)NC4=O)cc3c2)cc1. The molecule has 0 aliphatic carbocycles. The molecule has 0 spiro atoms. The van der Waals surface area contributed by atoms with Crippen LogP contribution in [0.15, 0.2) is 48.7 Å². The minimum atomic E-state index is -0.648. The van der Waals surface area contributed by atoms with Crippen LogP contribution in [-0.4, -0.2) is 27.5 Å². The fourth-order valence-electron chi connectivity index (χ4n) is 3.55. The lowest BCUT2D eigenvalue weighted by Crippen LogP contribution is -2.41.